The molecule has 1 aliphatic rings. The molecule has 5 rings (SSSR count). The van der Waals surface area contributed by atoms with E-state index >= 15 is 0 Å². The van der Waals surface area contributed by atoms with E-state index in [9.17, 15) is 8.42 Å². The molecular weight excluding hydrogens is 574 g/mol. The van der Waals surface area contributed by atoms with Crippen molar-refractivity contribution < 1.29 is 17.9 Å². The van der Waals surface area contributed by atoms with Crippen LogP contribution < -0.4 is 10.1 Å². The zero-order valence-electron chi connectivity index (χ0n) is 24.3. The Morgan fingerprint density at radius 2 is 1.79 bits per heavy atom. The fraction of sp³-hybridized carbons (Fsp3) is 0.387. The van der Waals surface area contributed by atoms with E-state index in [4.69, 9.17) is 26.1 Å². The van der Waals surface area contributed by atoms with Crippen LogP contribution in [-0.2, 0) is 26.9 Å². The number of methoxy groups -OCH3 is 2. The molecule has 0 atom stereocenters. The van der Waals surface area contributed by atoms with Gasteiger partial charge in [-0.25, -0.2) is 23.4 Å². The molecule has 9 nitrogen and oxygen atoms in total. The zero-order chi connectivity index (χ0) is 29.9. The molecule has 222 valence electrons. The quantitative estimate of drug-likeness (QED) is 0.240. The number of hydrogen-bond acceptors (Lipinski definition) is 9. The monoisotopic (exact) mass is 609 g/mol. The van der Waals surface area contributed by atoms with Gasteiger partial charge in [-0.3, -0.25) is 0 Å². The van der Waals surface area contributed by atoms with E-state index < -0.39 is 9.84 Å². The summed E-state index contributed by atoms with van der Waals surface area (Å²) in [4.78, 5) is 16.4. The Bertz CT molecular complexity index is 1670. The van der Waals surface area contributed by atoms with Crippen molar-refractivity contribution in [3.63, 3.8) is 0 Å². The summed E-state index contributed by atoms with van der Waals surface area (Å²) in [5.41, 5.74) is 3.63. The molecule has 4 aromatic rings. The fourth-order valence-electron chi connectivity index (χ4n) is 5.53. The molecule has 11 heteroatoms. The summed E-state index contributed by atoms with van der Waals surface area (Å²) in [7, 11) is 3.75. The topological polar surface area (TPSA) is 107 Å². The van der Waals surface area contributed by atoms with E-state index in [0.29, 0.717) is 36.2 Å². The SMILES string of the molecule is COCc1cc(-c2ccc(CS(=O)(=O)c3ccccc3Cl)nc2OC)cc2cnc(NC3CCC(N(C)C)CC3)nc12. The second-order valence-corrected chi connectivity index (χ2v) is 13.2. The van der Waals surface area contributed by atoms with Crippen molar-refractivity contribution in [2.24, 2.45) is 0 Å². The Kier molecular flexibility index (Phi) is 9.27. The first kappa shape index (κ1) is 30.2. The van der Waals surface area contributed by atoms with Gasteiger partial charge in [0, 0.05) is 41.9 Å². The lowest BCUT2D eigenvalue weighted by molar-refractivity contribution is 0.186. The predicted octanol–water partition coefficient (Wildman–Crippen LogP) is 5.76. The van der Waals surface area contributed by atoms with Crippen molar-refractivity contribution >= 4 is 38.3 Å². The van der Waals surface area contributed by atoms with Crippen LogP contribution in [0, 0.1) is 0 Å². The standard InChI is InChI=1S/C31H36ClN5O4S/c1-37(2)25-12-9-23(10-13-25)35-31-33-17-21-15-20(16-22(18-40-3)29(21)36-31)26-14-11-24(34-30(26)41-4)19-42(38,39)28-8-6-5-7-27(28)32/h5-8,11,14-17,23,25H,9-10,12-13,18-19H2,1-4H3,(H,33,35,36). The van der Waals surface area contributed by atoms with Crippen molar-refractivity contribution in [1.82, 2.24) is 19.9 Å². The van der Waals surface area contributed by atoms with Crippen molar-refractivity contribution in [3.05, 3.63) is 71.0 Å². The van der Waals surface area contributed by atoms with Gasteiger partial charge in [0.05, 0.1) is 40.6 Å². The average molecular weight is 610 g/mol. The van der Waals surface area contributed by atoms with Crippen LogP contribution in [0.2, 0.25) is 5.02 Å². The summed E-state index contributed by atoms with van der Waals surface area (Å²) in [6, 6.07) is 14.9. The summed E-state index contributed by atoms with van der Waals surface area (Å²) in [6.07, 6.45) is 6.28. The van der Waals surface area contributed by atoms with Gasteiger partial charge in [0.2, 0.25) is 11.8 Å². The number of halogens is 1. The van der Waals surface area contributed by atoms with Crippen molar-refractivity contribution in [3.8, 4) is 17.0 Å². The average Bonchev–Trinajstić information content (AvgIpc) is 2.97. The minimum atomic E-state index is -3.70. The third-order valence-corrected chi connectivity index (χ3v) is 9.90. The number of benzene rings is 2. The van der Waals surface area contributed by atoms with Gasteiger partial charge < -0.3 is 19.7 Å². The molecule has 2 heterocycles. The molecule has 0 spiro atoms. The summed E-state index contributed by atoms with van der Waals surface area (Å²) < 4.78 is 37.2. The zero-order valence-corrected chi connectivity index (χ0v) is 25.9. The maximum Gasteiger partial charge on any atom is 0.223 e. The summed E-state index contributed by atoms with van der Waals surface area (Å²) >= 11 is 6.15. The first-order chi connectivity index (χ1) is 20.2. The molecule has 0 unspecified atom stereocenters. The van der Waals surface area contributed by atoms with Gasteiger partial charge in [0.25, 0.3) is 0 Å². The van der Waals surface area contributed by atoms with E-state index in [-0.39, 0.29) is 15.7 Å². The molecule has 0 radical (unpaired) electrons. The Morgan fingerprint density at radius 3 is 2.48 bits per heavy atom. The molecular formula is C31H36ClN5O4S. The van der Waals surface area contributed by atoms with Crippen LogP contribution in [0.15, 0.2) is 59.6 Å². The highest BCUT2D eigenvalue weighted by molar-refractivity contribution is 7.90. The van der Waals surface area contributed by atoms with Gasteiger partial charge in [-0.1, -0.05) is 23.7 Å². The maximum absolute atomic E-state index is 13.0. The molecule has 42 heavy (non-hydrogen) atoms. The van der Waals surface area contributed by atoms with E-state index in [1.54, 1.807) is 31.4 Å². The molecule has 0 saturated heterocycles. The van der Waals surface area contributed by atoms with Crippen LogP contribution >= 0.6 is 11.6 Å². The molecule has 0 bridgehead atoms. The lowest BCUT2D eigenvalue weighted by Crippen LogP contribution is -2.36. The molecule has 1 aliphatic carbocycles. The highest BCUT2D eigenvalue weighted by Gasteiger charge is 2.24. The fourth-order valence-corrected chi connectivity index (χ4v) is 7.38. The third kappa shape index (κ3) is 6.67. The number of ether oxygens (including phenoxy) is 2. The number of hydrogen-bond donors (Lipinski definition) is 1. The molecule has 2 aromatic heterocycles. The minimum absolute atomic E-state index is 0.0744. The van der Waals surface area contributed by atoms with Gasteiger partial charge in [-0.05, 0) is 81.7 Å². The smallest absolute Gasteiger partial charge is 0.223 e. The summed E-state index contributed by atoms with van der Waals surface area (Å²) in [5.74, 6) is 0.627. The highest BCUT2D eigenvalue weighted by atomic mass is 35.5. The number of nitrogens with zero attached hydrogens (tertiary/aromatic N) is 4. The lowest BCUT2D eigenvalue weighted by Gasteiger charge is -2.33. The van der Waals surface area contributed by atoms with E-state index in [1.807, 2.05) is 24.4 Å². The largest absolute Gasteiger partial charge is 0.481 e. The molecule has 1 fully saturated rings. The molecule has 1 N–H and O–H groups in total. The number of fused-ring (bicyclic) bond motifs is 1. The Balaban J connectivity index is 1.42. The number of aromatic nitrogens is 3. The first-order valence-electron chi connectivity index (χ1n) is 13.9. The summed E-state index contributed by atoms with van der Waals surface area (Å²) in [5, 5.41) is 4.57. The Morgan fingerprint density at radius 1 is 1.02 bits per heavy atom. The number of nitrogens with one attached hydrogen (secondary N) is 1. The highest BCUT2D eigenvalue weighted by Crippen LogP contribution is 2.34. The normalized spacial score (nSPS) is 17.5. The molecule has 0 amide bonds. The van der Waals surface area contributed by atoms with E-state index in [0.717, 1.165) is 53.3 Å². The maximum atomic E-state index is 13.0. The molecule has 2 aromatic carbocycles. The van der Waals surface area contributed by atoms with Gasteiger partial charge >= 0.3 is 0 Å². The molecule has 1 saturated carbocycles. The second-order valence-electron chi connectivity index (χ2n) is 10.9. The van der Waals surface area contributed by atoms with Gasteiger partial charge in [0.15, 0.2) is 9.84 Å². The predicted molar refractivity (Wildman–Crippen MR) is 166 cm³/mol. The van der Waals surface area contributed by atoms with Crippen LogP contribution in [0.3, 0.4) is 0 Å². The summed E-state index contributed by atoms with van der Waals surface area (Å²) in [6.45, 7) is 0.360. The van der Waals surface area contributed by atoms with Crippen molar-refractivity contribution in [1.29, 1.82) is 0 Å². The number of anilines is 1. The minimum Gasteiger partial charge on any atom is -0.481 e. The van der Waals surface area contributed by atoms with Crippen LogP contribution in [0.4, 0.5) is 5.95 Å². The van der Waals surface area contributed by atoms with Crippen LogP contribution in [-0.4, -0.2) is 68.7 Å². The second kappa shape index (κ2) is 12.9. The van der Waals surface area contributed by atoms with Crippen molar-refractivity contribution in [2.75, 3.05) is 33.6 Å². The van der Waals surface area contributed by atoms with E-state index in [1.165, 1.54) is 13.2 Å². The van der Waals surface area contributed by atoms with Crippen LogP contribution in [0.5, 0.6) is 5.88 Å². The van der Waals surface area contributed by atoms with Gasteiger partial charge in [-0.2, -0.15) is 0 Å². The number of pyridine rings is 1. The van der Waals surface area contributed by atoms with E-state index in [2.05, 4.69) is 34.3 Å². The Hall–Kier alpha value is -3.31. The Labute approximate surface area is 252 Å². The lowest BCUT2D eigenvalue weighted by atomic mass is 9.90. The van der Waals surface area contributed by atoms with Crippen LogP contribution in [0.1, 0.15) is 36.9 Å². The first-order valence-corrected chi connectivity index (χ1v) is 15.9. The third-order valence-electron chi connectivity index (χ3n) is 7.75. The number of rotatable bonds is 10. The van der Waals surface area contributed by atoms with Gasteiger partial charge in [-0.15, -0.1) is 0 Å². The van der Waals surface area contributed by atoms with Crippen LogP contribution in [0.25, 0.3) is 22.0 Å². The molecule has 0 aliphatic heterocycles. The van der Waals surface area contributed by atoms with Crippen molar-refractivity contribution in [2.45, 2.75) is 55.0 Å². The number of sulfone groups is 1. The van der Waals surface area contributed by atoms with Gasteiger partial charge in [0.1, 0.15) is 0 Å².